The molecule has 0 aromatic heterocycles. The fraction of sp³-hybridized carbons (Fsp3) is 0.321. The maximum absolute atomic E-state index is 13.8. The molecule has 2 atom stereocenters. The van der Waals surface area contributed by atoms with Gasteiger partial charge in [-0.05, 0) is 61.6 Å². The molecule has 194 valence electrons. The van der Waals surface area contributed by atoms with Gasteiger partial charge in [0.1, 0.15) is 23.7 Å². The van der Waals surface area contributed by atoms with Crippen LogP contribution in [0.1, 0.15) is 47.6 Å². The third-order valence-electron chi connectivity index (χ3n) is 7.31. The number of rotatable bonds is 7. The van der Waals surface area contributed by atoms with Gasteiger partial charge in [0.05, 0.1) is 4.90 Å². The van der Waals surface area contributed by atoms with Gasteiger partial charge in [-0.1, -0.05) is 48.0 Å². The molecule has 9 heteroatoms. The molecule has 2 saturated heterocycles. The number of hydrogen-bond donors (Lipinski definition) is 2. The number of benzene rings is 3. The lowest BCUT2D eigenvalue weighted by Crippen LogP contribution is -2.48. The topological polar surface area (TPSA) is 95.9 Å². The molecule has 0 radical (unpaired) electrons. The molecular weight excluding hydrogens is 495 g/mol. The molecule has 1 amide bonds. The van der Waals surface area contributed by atoms with E-state index in [1.807, 2.05) is 31.2 Å². The van der Waals surface area contributed by atoms with Crippen LogP contribution in [0.5, 0.6) is 5.75 Å². The van der Waals surface area contributed by atoms with Gasteiger partial charge in [0, 0.05) is 24.7 Å². The maximum Gasteiger partial charge on any atom is 0.294 e. The Balaban J connectivity index is 1.24. The minimum atomic E-state index is -4.39. The zero-order chi connectivity index (χ0) is 26.2. The van der Waals surface area contributed by atoms with Crippen LogP contribution >= 0.6 is 0 Å². The van der Waals surface area contributed by atoms with Crippen molar-refractivity contribution in [2.24, 2.45) is 0 Å². The standard InChI is InChI=1S/C28H29FN2O5S/c1-19-6-11-26(37(33,34)35)22(16-19)17-31-15-14-28(27(31)32)13-12-25(30-28)20-7-9-23(10-8-20)36-18-21-4-2-3-5-24(21)29/h2-11,16,25,30H,12-15,17-18H2,1H3,(H,33,34,35)/t25-,28-/m1/s1. The first-order valence-corrected chi connectivity index (χ1v) is 13.7. The predicted molar refractivity (Wildman–Crippen MR) is 136 cm³/mol. The Morgan fingerprint density at radius 3 is 2.57 bits per heavy atom. The number of hydrogen-bond acceptors (Lipinski definition) is 5. The van der Waals surface area contributed by atoms with Crippen molar-refractivity contribution in [3.8, 4) is 5.75 Å². The summed E-state index contributed by atoms with van der Waals surface area (Å²) >= 11 is 0. The smallest absolute Gasteiger partial charge is 0.294 e. The Kier molecular flexibility index (Phi) is 6.78. The van der Waals surface area contributed by atoms with Crippen molar-refractivity contribution >= 4 is 16.0 Å². The third kappa shape index (κ3) is 5.25. The summed E-state index contributed by atoms with van der Waals surface area (Å²) in [4.78, 5) is 15.0. The molecule has 2 N–H and O–H groups in total. The van der Waals surface area contributed by atoms with Gasteiger partial charge in [0.15, 0.2) is 0 Å². The highest BCUT2D eigenvalue weighted by Gasteiger charge is 2.51. The van der Waals surface area contributed by atoms with Crippen LogP contribution in [0.15, 0.2) is 71.6 Å². The number of aryl methyl sites for hydroxylation is 1. The van der Waals surface area contributed by atoms with Gasteiger partial charge in [-0.25, -0.2) is 4.39 Å². The van der Waals surface area contributed by atoms with Crippen LogP contribution in [-0.4, -0.2) is 35.9 Å². The second kappa shape index (κ2) is 9.89. The average molecular weight is 525 g/mol. The van der Waals surface area contributed by atoms with Crippen molar-refractivity contribution in [3.63, 3.8) is 0 Å². The zero-order valence-corrected chi connectivity index (χ0v) is 21.3. The zero-order valence-electron chi connectivity index (χ0n) is 20.5. The normalized spacial score (nSPS) is 21.6. The number of ether oxygens (including phenoxy) is 1. The molecule has 5 rings (SSSR count). The first-order chi connectivity index (χ1) is 17.6. The van der Waals surface area contributed by atoms with Crippen LogP contribution < -0.4 is 10.1 Å². The molecule has 7 nitrogen and oxygen atoms in total. The minimum absolute atomic E-state index is 0.00290. The SMILES string of the molecule is Cc1ccc(S(=O)(=O)O)c(CN2CC[C@]3(CC[C@H](c4ccc(OCc5ccccc5F)cc4)N3)C2=O)c1. The molecule has 37 heavy (non-hydrogen) atoms. The number of halogens is 1. The highest BCUT2D eigenvalue weighted by molar-refractivity contribution is 7.85. The number of likely N-dealkylation sites (tertiary alicyclic amines) is 1. The summed E-state index contributed by atoms with van der Waals surface area (Å²) in [7, 11) is -4.39. The van der Waals surface area contributed by atoms with Gasteiger partial charge >= 0.3 is 0 Å². The van der Waals surface area contributed by atoms with Crippen molar-refractivity contribution in [3.05, 3.63) is 94.8 Å². The van der Waals surface area contributed by atoms with E-state index in [4.69, 9.17) is 4.74 Å². The first-order valence-electron chi connectivity index (χ1n) is 12.2. The van der Waals surface area contributed by atoms with Gasteiger partial charge in [-0.3, -0.25) is 14.7 Å². The molecular formula is C28H29FN2O5S. The van der Waals surface area contributed by atoms with Crippen LogP contribution in [0.3, 0.4) is 0 Å². The van der Waals surface area contributed by atoms with E-state index in [2.05, 4.69) is 5.32 Å². The van der Waals surface area contributed by atoms with Crippen molar-refractivity contribution in [2.75, 3.05) is 6.54 Å². The second-order valence-corrected chi connectivity index (χ2v) is 11.2. The van der Waals surface area contributed by atoms with Gasteiger partial charge in [-0.2, -0.15) is 8.42 Å². The van der Waals surface area contributed by atoms with E-state index in [0.717, 1.165) is 17.5 Å². The van der Waals surface area contributed by atoms with E-state index >= 15 is 0 Å². The number of amides is 1. The van der Waals surface area contributed by atoms with E-state index in [0.29, 0.717) is 36.3 Å². The number of carbonyl (C=O) groups is 1. The van der Waals surface area contributed by atoms with Gasteiger partial charge < -0.3 is 9.64 Å². The summed E-state index contributed by atoms with van der Waals surface area (Å²) in [5.74, 6) is 0.282. The molecule has 2 aliphatic heterocycles. The van der Waals surface area contributed by atoms with Gasteiger partial charge in [-0.15, -0.1) is 0 Å². The Labute approximate surface area is 216 Å². The monoisotopic (exact) mass is 524 g/mol. The quantitative estimate of drug-likeness (QED) is 0.440. The summed E-state index contributed by atoms with van der Waals surface area (Å²) in [6.07, 6.45) is 2.09. The average Bonchev–Trinajstić information content (AvgIpc) is 3.43. The highest BCUT2D eigenvalue weighted by Crippen LogP contribution is 2.40. The maximum atomic E-state index is 13.8. The lowest BCUT2D eigenvalue weighted by molar-refractivity contribution is -0.133. The lowest BCUT2D eigenvalue weighted by atomic mass is 9.96. The first kappa shape index (κ1) is 25.4. The fourth-order valence-electron chi connectivity index (χ4n) is 5.33. The van der Waals surface area contributed by atoms with Crippen LogP contribution in [0.4, 0.5) is 4.39 Å². The van der Waals surface area contributed by atoms with Crippen LogP contribution in [0.2, 0.25) is 0 Å². The number of nitrogens with zero attached hydrogens (tertiary/aromatic N) is 1. The Hall–Kier alpha value is -3.27. The van der Waals surface area contributed by atoms with Crippen molar-refractivity contribution in [1.82, 2.24) is 10.2 Å². The summed E-state index contributed by atoms with van der Waals surface area (Å²) in [6.45, 7) is 2.60. The molecule has 0 unspecified atom stereocenters. The van der Waals surface area contributed by atoms with E-state index in [-0.39, 0.29) is 35.8 Å². The molecule has 2 heterocycles. The van der Waals surface area contributed by atoms with Crippen molar-refractivity contribution in [1.29, 1.82) is 0 Å². The fourth-order valence-corrected chi connectivity index (χ4v) is 6.03. The van der Waals surface area contributed by atoms with Crippen molar-refractivity contribution < 1.29 is 26.9 Å². The Bertz CT molecular complexity index is 1430. The van der Waals surface area contributed by atoms with E-state index < -0.39 is 15.7 Å². The summed E-state index contributed by atoms with van der Waals surface area (Å²) in [5.41, 5.74) is 2.10. The Morgan fingerprint density at radius 1 is 1.08 bits per heavy atom. The molecule has 0 bridgehead atoms. The van der Waals surface area contributed by atoms with Crippen molar-refractivity contribution in [2.45, 2.75) is 55.8 Å². The Morgan fingerprint density at radius 2 is 1.84 bits per heavy atom. The summed E-state index contributed by atoms with van der Waals surface area (Å²) < 4.78 is 52.8. The third-order valence-corrected chi connectivity index (χ3v) is 8.26. The molecule has 0 saturated carbocycles. The molecule has 3 aromatic carbocycles. The number of carbonyl (C=O) groups excluding carboxylic acids is 1. The van der Waals surface area contributed by atoms with E-state index in [1.54, 1.807) is 35.2 Å². The van der Waals surface area contributed by atoms with Gasteiger partial charge in [0.2, 0.25) is 5.91 Å². The summed E-state index contributed by atoms with van der Waals surface area (Å²) in [5, 5.41) is 3.54. The van der Waals surface area contributed by atoms with Crippen LogP contribution in [0, 0.1) is 12.7 Å². The minimum Gasteiger partial charge on any atom is -0.489 e. The highest BCUT2D eigenvalue weighted by atomic mass is 32.2. The molecule has 1 spiro atoms. The van der Waals surface area contributed by atoms with Crippen LogP contribution in [-0.2, 0) is 28.1 Å². The van der Waals surface area contributed by atoms with E-state index in [1.165, 1.54) is 12.1 Å². The predicted octanol–water partition coefficient (Wildman–Crippen LogP) is 4.56. The molecule has 2 fully saturated rings. The summed E-state index contributed by atoms with van der Waals surface area (Å²) in [6, 6.07) is 18.8. The molecule has 3 aromatic rings. The van der Waals surface area contributed by atoms with E-state index in [9.17, 15) is 22.2 Å². The second-order valence-electron chi connectivity index (χ2n) is 9.83. The van der Waals surface area contributed by atoms with Crippen LogP contribution in [0.25, 0.3) is 0 Å². The largest absolute Gasteiger partial charge is 0.489 e. The molecule has 2 aliphatic rings. The lowest BCUT2D eigenvalue weighted by Gasteiger charge is -2.25. The number of nitrogens with one attached hydrogen (secondary N) is 1. The molecule has 0 aliphatic carbocycles. The van der Waals surface area contributed by atoms with Gasteiger partial charge in [0.25, 0.3) is 10.1 Å².